The van der Waals surface area contributed by atoms with E-state index >= 15 is 0 Å². The van der Waals surface area contributed by atoms with Gasteiger partial charge in [-0.15, -0.1) is 0 Å². The molecule has 1 aliphatic rings. The van der Waals surface area contributed by atoms with Crippen LogP contribution >= 0.6 is 0 Å². The number of hydrogen-bond donors (Lipinski definition) is 1. The molecule has 1 aromatic carbocycles. The topological polar surface area (TPSA) is 85.1 Å². The summed E-state index contributed by atoms with van der Waals surface area (Å²) < 4.78 is 28.3. The molecule has 106 valence electrons. The van der Waals surface area contributed by atoms with Crippen molar-refractivity contribution in [3.05, 3.63) is 30.1 Å². The molecule has 1 atom stereocenters. The molecule has 0 amide bonds. The van der Waals surface area contributed by atoms with Crippen LogP contribution in [0.15, 0.2) is 33.7 Å². The zero-order valence-corrected chi connectivity index (χ0v) is 11.9. The van der Waals surface area contributed by atoms with Crippen LogP contribution in [0.25, 0.3) is 11.5 Å². The Balaban J connectivity index is 1.93. The van der Waals surface area contributed by atoms with Crippen LogP contribution in [-0.4, -0.2) is 31.4 Å². The van der Waals surface area contributed by atoms with E-state index in [-0.39, 0.29) is 10.9 Å². The molecule has 1 aliphatic heterocycles. The van der Waals surface area contributed by atoms with Crippen molar-refractivity contribution < 1.29 is 12.9 Å². The second-order valence-corrected chi connectivity index (χ2v) is 6.92. The van der Waals surface area contributed by atoms with Crippen molar-refractivity contribution in [2.45, 2.75) is 23.8 Å². The molecule has 0 bridgehead atoms. The quantitative estimate of drug-likeness (QED) is 0.924. The van der Waals surface area contributed by atoms with Crippen LogP contribution in [0.3, 0.4) is 0 Å². The third kappa shape index (κ3) is 2.59. The molecule has 0 saturated carbocycles. The Morgan fingerprint density at radius 2 is 2.25 bits per heavy atom. The molecule has 2 aromatic rings. The lowest BCUT2D eigenvalue weighted by atomic mass is 10.2. The number of aromatic nitrogens is 2. The number of nitrogens with one attached hydrogen (secondary N) is 1. The van der Waals surface area contributed by atoms with Gasteiger partial charge in [-0.25, -0.2) is 8.42 Å². The molecular formula is C13H15N3O3S. The van der Waals surface area contributed by atoms with Crippen LogP contribution in [0.4, 0.5) is 0 Å². The van der Waals surface area contributed by atoms with Crippen molar-refractivity contribution in [3.63, 3.8) is 0 Å². The molecule has 2 heterocycles. The SMILES string of the molecule is CS(=O)(=O)c1cccc(-c2nc(C3CCCN3)no2)c1. The van der Waals surface area contributed by atoms with E-state index < -0.39 is 9.84 Å². The van der Waals surface area contributed by atoms with E-state index in [1.54, 1.807) is 24.3 Å². The second-order valence-electron chi connectivity index (χ2n) is 4.91. The molecule has 1 unspecified atom stereocenters. The highest BCUT2D eigenvalue weighted by Crippen LogP contribution is 2.25. The lowest BCUT2D eigenvalue weighted by Gasteiger charge is -2.02. The lowest BCUT2D eigenvalue weighted by molar-refractivity contribution is 0.412. The van der Waals surface area contributed by atoms with Gasteiger partial charge in [0.15, 0.2) is 15.7 Å². The number of hydrogen-bond acceptors (Lipinski definition) is 6. The van der Waals surface area contributed by atoms with Crippen LogP contribution in [0.2, 0.25) is 0 Å². The Labute approximate surface area is 117 Å². The Morgan fingerprint density at radius 1 is 1.40 bits per heavy atom. The fourth-order valence-corrected chi connectivity index (χ4v) is 2.93. The van der Waals surface area contributed by atoms with Crippen LogP contribution < -0.4 is 5.32 Å². The van der Waals surface area contributed by atoms with Crippen LogP contribution in [0, 0.1) is 0 Å². The number of nitrogens with zero attached hydrogens (tertiary/aromatic N) is 2. The van der Waals surface area contributed by atoms with Crippen LogP contribution in [0.1, 0.15) is 24.7 Å². The van der Waals surface area contributed by atoms with E-state index in [0.717, 1.165) is 19.4 Å². The molecule has 1 aromatic heterocycles. The van der Waals surface area contributed by atoms with E-state index in [9.17, 15) is 8.42 Å². The number of sulfone groups is 1. The predicted octanol–water partition coefficient (Wildman–Crippen LogP) is 1.56. The van der Waals surface area contributed by atoms with Gasteiger partial charge in [-0.1, -0.05) is 11.2 Å². The maximum Gasteiger partial charge on any atom is 0.258 e. The summed E-state index contributed by atoms with van der Waals surface area (Å²) in [5.41, 5.74) is 0.615. The van der Waals surface area contributed by atoms with E-state index in [4.69, 9.17) is 4.52 Å². The molecule has 1 saturated heterocycles. The highest BCUT2D eigenvalue weighted by atomic mass is 32.2. The normalized spacial score (nSPS) is 19.4. The smallest absolute Gasteiger partial charge is 0.258 e. The van der Waals surface area contributed by atoms with E-state index in [2.05, 4.69) is 15.5 Å². The summed E-state index contributed by atoms with van der Waals surface area (Å²) >= 11 is 0. The highest BCUT2D eigenvalue weighted by molar-refractivity contribution is 7.90. The standard InChI is InChI=1S/C13H15N3O3S/c1-20(17,18)10-5-2-4-9(8-10)13-15-12(16-19-13)11-6-3-7-14-11/h2,4-5,8,11,14H,3,6-7H2,1H3. The van der Waals surface area contributed by atoms with Crippen molar-refractivity contribution in [1.29, 1.82) is 0 Å². The summed E-state index contributed by atoms with van der Waals surface area (Å²) in [6.07, 6.45) is 3.26. The summed E-state index contributed by atoms with van der Waals surface area (Å²) in [5, 5.41) is 7.26. The Hall–Kier alpha value is -1.73. The van der Waals surface area contributed by atoms with Gasteiger partial charge in [-0.05, 0) is 37.6 Å². The average Bonchev–Trinajstić information content (AvgIpc) is 3.09. The minimum atomic E-state index is -3.24. The van der Waals surface area contributed by atoms with Crippen molar-refractivity contribution in [1.82, 2.24) is 15.5 Å². The first-order valence-electron chi connectivity index (χ1n) is 6.41. The summed E-state index contributed by atoms with van der Waals surface area (Å²) in [6, 6.07) is 6.66. The molecule has 7 heteroatoms. The average molecular weight is 293 g/mol. The Kier molecular flexibility index (Phi) is 3.31. The fourth-order valence-electron chi connectivity index (χ4n) is 2.26. The van der Waals surface area contributed by atoms with Gasteiger partial charge in [0, 0.05) is 11.8 Å². The molecule has 0 radical (unpaired) electrons. The molecule has 1 N–H and O–H groups in total. The first kappa shape index (κ1) is 13.3. The summed E-state index contributed by atoms with van der Waals surface area (Å²) in [5.74, 6) is 0.974. The molecule has 6 nitrogen and oxygen atoms in total. The summed E-state index contributed by atoms with van der Waals surface area (Å²) in [6.45, 7) is 0.956. The second kappa shape index (κ2) is 4.99. The highest BCUT2D eigenvalue weighted by Gasteiger charge is 2.22. The van der Waals surface area contributed by atoms with Gasteiger partial charge in [0.1, 0.15) is 0 Å². The first-order chi connectivity index (χ1) is 9.54. The largest absolute Gasteiger partial charge is 0.334 e. The van der Waals surface area contributed by atoms with E-state index in [1.807, 2.05) is 0 Å². The van der Waals surface area contributed by atoms with Gasteiger partial charge in [0.2, 0.25) is 0 Å². The molecule has 0 spiro atoms. The Bertz CT molecular complexity index is 718. The predicted molar refractivity (Wildman–Crippen MR) is 72.8 cm³/mol. The molecule has 0 aliphatic carbocycles. The van der Waals surface area contributed by atoms with Crippen molar-refractivity contribution in [3.8, 4) is 11.5 Å². The monoisotopic (exact) mass is 293 g/mol. The third-order valence-corrected chi connectivity index (χ3v) is 4.43. The minimum absolute atomic E-state index is 0.130. The summed E-state index contributed by atoms with van der Waals surface area (Å²) in [4.78, 5) is 4.59. The molecule has 1 fully saturated rings. The van der Waals surface area contributed by atoms with E-state index in [0.29, 0.717) is 17.3 Å². The van der Waals surface area contributed by atoms with Crippen molar-refractivity contribution in [2.75, 3.05) is 12.8 Å². The number of benzene rings is 1. The molecule has 3 rings (SSSR count). The molecular weight excluding hydrogens is 278 g/mol. The lowest BCUT2D eigenvalue weighted by Crippen LogP contribution is -2.14. The van der Waals surface area contributed by atoms with Gasteiger partial charge in [-0.3, -0.25) is 0 Å². The fraction of sp³-hybridized carbons (Fsp3) is 0.385. The summed E-state index contributed by atoms with van der Waals surface area (Å²) in [7, 11) is -3.24. The molecule has 20 heavy (non-hydrogen) atoms. The number of rotatable bonds is 3. The van der Waals surface area contributed by atoms with E-state index in [1.165, 1.54) is 6.26 Å². The van der Waals surface area contributed by atoms with Gasteiger partial charge in [-0.2, -0.15) is 4.98 Å². The van der Waals surface area contributed by atoms with Crippen molar-refractivity contribution in [2.24, 2.45) is 0 Å². The van der Waals surface area contributed by atoms with Crippen LogP contribution in [0.5, 0.6) is 0 Å². The zero-order valence-electron chi connectivity index (χ0n) is 11.0. The van der Waals surface area contributed by atoms with Crippen molar-refractivity contribution >= 4 is 9.84 Å². The maximum absolute atomic E-state index is 11.6. The maximum atomic E-state index is 11.6. The Morgan fingerprint density at radius 3 is 2.95 bits per heavy atom. The van der Waals surface area contributed by atoms with Gasteiger partial charge < -0.3 is 9.84 Å². The first-order valence-corrected chi connectivity index (χ1v) is 8.31. The minimum Gasteiger partial charge on any atom is -0.334 e. The zero-order chi connectivity index (χ0) is 14.2. The third-order valence-electron chi connectivity index (χ3n) is 3.32. The van der Waals surface area contributed by atoms with Gasteiger partial charge >= 0.3 is 0 Å². The van der Waals surface area contributed by atoms with Crippen LogP contribution in [-0.2, 0) is 9.84 Å². The van der Waals surface area contributed by atoms with Gasteiger partial charge in [0.05, 0.1) is 10.9 Å². The van der Waals surface area contributed by atoms with Gasteiger partial charge in [0.25, 0.3) is 5.89 Å².